The number of hydrogen-bond donors (Lipinski definition) is 2. The largest absolute Gasteiger partial charge is 0.357 e. The van der Waals surface area contributed by atoms with Gasteiger partial charge in [-0.3, -0.25) is 14.7 Å². The number of hydrogen-bond acceptors (Lipinski definition) is 5. The first-order chi connectivity index (χ1) is 12.5. The Balaban J connectivity index is 1.77. The van der Waals surface area contributed by atoms with Gasteiger partial charge in [-0.25, -0.2) is 4.98 Å². The first-order valence-corrected chi connectivity index (χ1v) is 10.2. The van der Waals surface area contributed by atoms with Crippen molar-refractivity contribution in [2.75, 3.05) is 46.8 Å². The number of likely N-dealkylation sites (N-methyl/N-ethyl adjacent to an activating group) is 1. The molecule has 0 unspecified atom stereocenters. The molecular weight excluding hydrogens is 348 g/mol. The Hall–Kier alpha value is -1.67. The molecule has 1 aromatic heterocycles. The number of carbonyl (C=O) groups excluding carboxylic acids is 1. The summed E-state index contributed by atoms with van der Waals surface area (Å²) < 4.78 is 0. The van der Waals surface area contributed by atoms with Gasteiger partial charge in [-0.05, 0) is 26.7 Å². The Morgan fingerprint density at radius 3 is 2.73 bits per heavy atom. The molecule has 2 N–H and O–H groups in total. The molecule has 0 atom stereocenters. The molecule has 0 aromatic carbocycles. The quantitative estimate of drug-likeness (QED) is 0.547. The average Bonchev–Trinajstić information content (AvgIpc) is 3.02. The number of likely N-dealkylation sites (tertiary alicyclic amines) is 1. The molecule has 1 aliphatic heterocycles. The van der Waals surface area contributed by atoms with Gasteiger partial charge < -0.3 is 15.5 Å². The fourth-order valence-electron chi connectivity index (χ4n) is 2.86. The number of carbonyl (C=O) groups is 1. The summed E-state index contributed by atoms with van der Waals surface area (Å²) in [5.74, 6) is 1.05. The van der Waals surface area contributed by atoms with Crippen LogP contribution in [0.25, 0.3) is 0 Å². The Bertz CT molecular complexity index is 592. The molecule has 0 radical (unpaired) electrons. The molecule has 8 heteroatoms. The highest BCUT2D eigenvalue weighted by atomic mass is 32.1. The summed E-state index contributed by atoms with van der Waals surface area (Å²) in [4.78, 5) is 26.0. The van der Waals surface area contributed by atoms with E-state index < -0.39 is 0 Å². The zero-order valence-corrected chi connectivity index (χ0v) is 17.2. The third kappa shape index (κ3) is 6.92. The van der Waals surface area contributed by atoms with Crippen LogP contribution in [0, 0.1) is 6.92 Å². The van der Waals surface area contributed by atoms with Crippen molar-refractivity contribution in [2.45, 2.75) is 39.2 Å². The molecule has 1 amide bonds. The van der Waals surface area contributed by atoms with Crippen molar-refractivity contribution in [1.29, 1.82) is 0 Å². The van der Waals surface area contributed by atoms with Gasteiger partial charge in [0.05, 0.1) is 11.6 Å². The Morgan fingerprint density at radius 2 is 2.15 bits per heavy atom. The number of guanidine groups is 1. The Morgan fingerprint density at radius 1 is 1.42 bits per heavy atom. The minimum absolute atomic E-state index is 0.170. The van der Waals surface area contributed by atoms with E-state index in [0.717, 1.165) is 56.4 Å². The van der Waals surface area contributed by atoms with Crippen LogP contribution in [0.1, 0.15) is 29.7 Å². The summed E-state index contributed by atoms with van der Waals surface area (Å²) in [7, 11) is 3.62. The van der Waals surface area contributed by atoms with E-state index in [1.165, 1.54) is 4.88 Å². The molecular formula is C18H32N6OS. The zero-order valence-electron chi connectivity index (χ0n) is 16.4. The highest BCUT2D eigenvalue weighted by molar-refractivity contribution is 7.11. The van der Waals surface area contributed by atoms with Gasteiger partial charge in [0, 0.05) is 63.8 Å². The molecule has 0 saturated carbocycles. The van der Waals surface area contributed by atoms with Gasteiger partial charge in [0.2, 0.25) is 5.91 Å². The van der Waals surface area contributed by atoms with Crippen LogP contribution in [0.2, 0.25) is 0 Å². The highest BCUT2D eigenvalue weighted by Gasteiger charge is 2.21. The van der Waals surface area contributed by atoms with Crippen LogP contribution in [-0.4, -0.2) is 79.5 Å². The molecule has 2 rings (SSSR count). The molecule has 2 heterocycles. The molecule has 0 aliphatic carbocycles. The molecule has 0 spiro atoms. The lowest BCUT2D eigenvalue weighted by Crippen LogP contribution is -2.50. The molecule has 26 heavy (non-hydrogen) atoms. The van der Waals surface area contributed by atoms with Gasteiger partial charge in [-0.2, -0.15) is 0 Å². The molecule has 1 saturated heterocycles. The summed E-state index contributed by atoms with van der Waals surface area (Å²) in [6, 6.07) is 0.403. The van der Waals surface area contributed by atoms with Crippen LogP contribution in [-0.2, 0) is 11.2 Å². The second kappa shape index (κ2) is 10.5. The molecule has 1 aliphatic rings. The number of nitrogens with zero attached hydrogens (tertiary/aromatic N) is 4. The number of aliphatic imine (C=N–C) groups is 1. The summed E-state index contributed by atoms with van der Waals surface area (Å²) >= 11 is 1.74. The molecule has 1 aromatic rings. The standard InChI is InChI=1S/C18H32N6OS/c1-5-19-18(20-9-6-16-21-12-14(2)26-16)22-15-7-10-24(11-8-15)13-17(25)23(3)4/h12,15H,5-11,13H2,1-4H3,(H2,19,20,22). The predicted molar refractivity (Wildman–Crippen MR) is 108 cm³/mol. The van der Waals surface area contributed by atoms with E-state index in [2.05, 4.69) is 39.4 Å². The molecule has 7 nitrogen and oxygen atoms in total. The number of rotatable bonds is 7. The van der Waals surface area contributed by atoms with Crippen molar-refractivity contribution in [3.63, 3.8) is 0 Å². The topological polar surface area (TPSA) is 72.9 Å². The number of nitrogens with one attached hydrogen (secondary N) is 2. The van der Waals surface area contributed by atoms with Crippen LogP contribution in [0.15, 0.2) is 11.2 Å². The first-order valence-electron chi connectivity index (χ1n) is 9.36. The first kappa shape index (κ1) is 20.6. The van der Waals surface area contributed by atoms with Crippen molar-refractivity contribution in [2.24, 2.45) is 4.99 Å². The van der Waals surface area contributed by atoms with Gasteiger partial charge in [0.1, 0.15) is 0 Å². The van der Waals surface area contributed by atoms with Gasteiger partial charge in [-0.1, -0.05) is 0 Å². The average molecular weight is 381 g/mol. The van der Waals surface area contributed by atoms with E-state index in [-0.39, 0.29) is 5.91 Å². The summed E-state index contributed by atoms with van der Waals surface area (Å²) in [6.45, 7) is 8.13. The lowest BCUT2D eigenvalue weighted by Gasteiger charge is -2.33. The van der Waals surface area contributed by atoms with Crippen molar-refractivity contribution in [3.05, 3.63) is 16.1 Å². The van der Waals surface area contributed by atoms with E-state index in [1.807, 2.05) is 20.3 Å². The normalized spacial score (nSPS) is 16.5. The molecule has 0 bridgehead atoms. The summed E-state index contributed by atoms with van der Waals surface area (Å²) in [5, 5.41) is 8.01. The monoisotopic (exact) mass is 380 g/mol. The smallest absolute Gasteiger partial charge is 0.236 e. The van der Waals surface area contributed by atoms with E-state index in [0.29, 0.717) is 12.6 Å². The fourth-order valence-corrected chi connectivity index (χ4v) is 3.64. The van der Waals surface area contributed by atoms with Crippen LogP contribution in [0.5, 0.6) is 0 Å². The SMILES string of the molecule is CCNC(=NCCc1ncc(C)s1)NC1CCN(CC(=O)N(C)C)CC1. The maximum absolute atomic E-state index is 11.8. The van der Waals surface area contributed by atoms with Crippen LogP contribution in [0.3, 0.4) is 0 Å². The zero-order chi connectivity index (χ0) is 18.9. The second-order valence-electron chi connectivity index (χ2n) is 6.86. The number of aromatic nitrogens is 1. The number of thiazole rings is 1. The lowest BCUT2D eigenvalue weighted by atomic mass is 10.1. The van der Waals surface area contributed by atoms with E-state index in [4.69, 9.17) is 0 Å². The molecule has 146 valence electrons. The lowest BCUT2D eigenvalue weighted by molar-refractivity contribution is -0.130. The Kier molecular flexibility index (Phi) is 8.31. The third-order valence-electron chi connectivity index (χ3n) is 4.40. The van der Waals surface area contributed by atoms with E-state index in [1.54, 1.807) is 16.2 Å². The van der Waals surface area contributed by atoms with E-state index >= 15 is 0 Å². The van der Waals surface area contributed by atoms with Gasteiger partial charge in [0.25, 0.3) is 0 Å². The number of amides is 1. The van der Waals surface area contributed by atoms with Crippen molar-refractivity contribution in [3.8, 4) is 0 Å². The van der Waals surface area contributed by atoms with Crippen LogP contribution < -0.4 is 10.6 Å². The fraction of sp³-hybridized carbons (Fsp3) is 0.722. The molecule has 1 fully saturated rings. The highest BCUT2D eigenvalue weighted by Crippen LogP contribution is 2.12. The van der Waals surface area contributed by atoms with Gasteiger partial charge in [0.15, 0.2) is 5.96 Å². The van der Waals surface area contributed by atoms with Gasteiger partial charge in [-0.15, -0.1) is 11.3 Å². The maximum Gasteiger partial charge on any atom is 0.236 e. The van der Waals surface area contributed by atoms with Crippen molar-refractivity contribution < 1.29 is 4.79 Å². The number of aryl methyl sites for hydroxylation is 1. The van der Waals surface area contributed by atoms with Crippen LogP contribution in [0.4, 0.5) is 0 Å². The minimum Gasteiger partial charge on any atom is -0.357 e. The van der Waals surface area contributed by atoms with Crippen molar-refractivity contribution in [1.82, 2.24) is 25.4 Å². The van der Waals surface area contributed by atoms with Gasteiger partial charge >= 0.3 is 0 Å². The summed E-state index contributed by atoms with van der Waals surface area (Å²) in [6.07, 6.45) is 4.84. The minimum atomic E-state index is 0.170. The third-order valence-corrected chi connectivity index (χ3v) is 5.37. The maximum atomic E-state index is 11.8. The van der Waals surface area contributed by atoms with Crippen molar-refractivity contribution >= 4 is 23.2 Å². The summed E-state index contributed by atoms with van der Waals surface area (Å²) in [5.41, 5.74) is 0. The predicted octanol–water partition coefficient (Wildman–Crippen LogP) is 1.10. The second-order valence-corrected chi connectivity index (χ2v) is 8.18. The van der Waals surface area contributed by atoms with E-state index in [9.17, 15) is 4.79 Å². The van der Waals surface area contributed by atoms with Crippen LogP contribution >= 0.6 is 11.3 Å². The number of piperidine rings is 1. The Labute approximate surface area is 160 Å².